The van der Waals surface area contributed by atoms with E-state index in [0.717, 1.165) is 40.0 Å². The first-order valence-corrected chi connectivity index (χ1v) is 12.9. The lowest BCUT2D eigenvalue weighted by Crippen LogP contribution is -2.49. The van der Waals surface area contributed by atoms with E-state index >= 15 is 4.39 Å². The third-order valence-corrected chi connectivity index (χ3v) is 7.65. The van der Waals surface area contributed by atoms with Crippen LogP contribution in [0.1, 0.15) is 23.2 Å². The van der Waals surface area contributed by atoms with Crippen LogP contribution >= 0.6 is 11.3 Å². The van der Waals surface area contributed by atoms with Crippen molar-refractivity contribution in [1.29, 1.82) is 0 Å². The minimum atomic E-state index is -0.603. The number of amides is 1. The molecule has 1 fully saturated rings. The Labute approximate surface area is 216 Å². The van der Waals surface area contributed by atoms with E-state index in [-0.39, 0.29) is 11.6 Å². The van der Waals surface area contributed by atoms with E-state index in [9.17, 15) is 4.79 Å². The number of thiophene rings is 1. The van der Waals surface area contributed by atoms with E-state index in [4.69, 9.17) is 0 Å². The van der Waals surface area contributed by atoms with Gasteiger partial charge in [0.2, 0.25) is 0 Å². The third-order valence-electron chi connectivity index (χ3n) is 6.52. The fraction of sp³-hybridized carbons (Fsp3) is 0.222. The molecule has 186 valence electrons. The van der Waals surface area contributed by atoms with Gasteiger partial charge in [-0.2, -0.15) is 0 Å². The van der Waals surface area contributed by atoms with Gasteiger partial charge in [0.25, 0.3) is 5.91 Å². The highest BCUT2D eigenvalue weighted by Crippen LogP contribution is 2.38. The molecule has 1 atom stereocenters. The zero-order chi connectivity index (χ0) is 25.4. The number of carbonyl (C=O) groups is 1. The molecule has 1 amide bonds. The summed E-state index contributed by atoms with van der Waals surface area (Å²) in [6.45, 7) is 1.50. The molecule has 1 aromatic carbocycles. The topological polar surface area (TPSA) is 88.8 Å². The molecule has 1 N–H and O–H groups in total. The van der Waals surface area contributed by atoms with Gasteiger partial charge in [-0.1, -0.05) is 17.3 Å². The lowest BCUT2D eigenvalue weighted by atomic mass is 10.0. The molecule has 0 bridgehead atoms. The average molecular weight is 514 g/mol. The number of aromatic nitrogens is 5. The van der Waals surface area contributed by atoms with Gasteiger partial charge in [0.1, 0.15) is 17.3 Å². The quantitative estimate of drug-likeness (QED) is 0.367. The van der Waals surface area contributed by atoms with Crippen LogP contribution in [0, 0.1) is 5.82 Å². The summed E-state index contributed by atoms with van der Waals surface area (Å²) < 4.78 is 18.0. The first-order valence-electron chi connectivity index (χ1n) is 12.1. The summed E-state index contributed by atoms with van der Waals surface area (Å²) in [5.74, 6) is -0.483. The normalized spacial score (nSPS) is 15.7. The van der Waals surface area contributed by atoms with Gasteiger partial charge in [-0.15, -0.1) is 16.4 Å². The Bertz CT molecular complexity index is 1580. The number of hydrogen-bond donors (Lipinski definition) is 1. The third kappa shape index (κ3) is 4.49. The summed E-state index contributed by atoms with van der Waals surface area (Å²) in [5, 5.41) is 12.2. The highest BCUT2D eigenvalue weighted by atomic mass is 32.1. The molecule has 0 spiro atoms. The van der Waals surface area contributed by atoms with Crippen LogP contribution in [0.5, 0.6) is 0 Å². The SMILES string of the molecule is Cn1cc(-c2ccc(C(=O)N(c3nccc4sc(-c5ccccn5)cc34)[C@@H]3CCCNC3)c(F)c2)nn1. The largest absolute Gasteiger partial charge is 0.315 e. The molecule has 1 aliphatic heterocycles. The summed E-state index contributed by atoms with van der Waals surface area (Å²) in [6.07, 6.45) is 6.89. The number of rotatable bonds is 5. The predicted molar refractivity (Wildman–Crippen MR) is 142 cm³/mol. The molecule has 0 saturated carbocycles. The first kappa shape index (κ1) is 23.4. The fourth-order valence-corrected chi connectivity index (χ4v) is 5.75. The zero-order valence-electron chi connectivity index (χ0n) is 20.1. The van der Waals surface area contributed by atoms with Crippen LogP contribution < -0.4 is 10.2 Å². The lowest BCUT2D eigenvalue weighted by Gasteiger charge is -2.34. The van der Waals surface area contributed by atoms with Gasteiger partial charge in [-0.05, 0) is 55.8 Å². The smallest absolute Gasteiger partial charge is 0.262 e. The van der Waals surface area contributed by atoms with E-state index < -0.39 is 11.7 Å². The van der Waals surface area contributed by atoms with Crippen LogP contribution in [-0.2, 0) is 7.05 Å². The number of piperidine rings is 1. The molecule has 10 heteroatoms. The number of pyridine rings is 2. The van der Waals surface area contributed by atoms with E-state index in [2.05, 4.69) is 25.6 Å². The van der Waals surface area contributed by atoms with Crippen molar-refractivity contribution in [2.75, 3.05) is 18.0 Å². The molecular weight excluding hydrogens is 489 g/mol. The Morgan fingerprint density at radius 3 is 2.78 bits per heavy atom. The van der Waals surface area contributed by atoms with Crippen LogP contribution in [0.4, 0.5) is 10.2 Å². The minimum Gasteiger partial charge on any atom is -0.315 e. The minimum absolute atomic E-state index is 0.00260. The van der Waals surface area contributed by atoms with Crippen LogP contribution in [-0.4, -0.2) is 50.0 Å². The average Bonchev–Trinajstić information content (AvgIpc) is 3.57. The van der Waals surface area contributed by atoms with Gasteiger partial charge in [-0.3, -0.25) is 19.4 Å². The molecule has 1 aliphatic rings. The fourth-order valence-electron chi connectivity index (χ4n) is 4.72. The standard InChI is InChI=1S/C27H24FN7OS/c1-34-16-23(32-33-34)17-7-8-19(21(28)13-17)27(36)35(18-5-4-10-29-15-18)26-20-14-25(22-6-2-3-11-30-22)37-24(20)9-12-31-26/h2-3,6-9,11-14,16,18,29H,4-5,10,15H2,1H3/t18-/m1/s1. The second-order valence-corrected chi connectivity index (χ2v) is 10.1. The Balaban J connectivity index is 1.43. The predicted octanol–water partition coefficient (Wildman–Crippen LogP) is 4.69. The number of halogens is 1. The van der Waals surface area contributed by atoms with E-state index in [1.54, 1.807) is 52.6 Å². The lowest BCUT2D eigenvalue weighted by molar-refractivity contribution is 0.0968. The Morgan fingerprint density at radius 2 is 2.05 bits per heavy atom. The summed E-state index contributed by atoms with van der Waals surface area (Å²) in [5.41, 5.74) is 1.96. The molecular formula is C27H24FN7OS. The van der Waals surface area contributed by atoms with Gasteiger partial charge in [0, 0.05) is 41.6 Å². The number of nitrogens with zero attached hydrogens (tertiary/aromatic N) is 6. The van der Waals surface area contributed by atoms with Gasteiger partial charge >= 0.3 is 0 Å². The number of hydrogen-bond acceptors (Lipinski definition) is 7. The van der Waals surface area contributed by atoms with Crippen molar-refractivity contribution < 1.29 is 9.18 Å². The molecule has 37 heavy (non-hydrogen) atoms. The molecule has 0 aliphatic carbocycles. The van der Waals surface area contributed by atoms with Crippen molar-refractivity contribution in [2.45, 2.75) is 18.9 Å². The first-order chi connectivity index (χ1) is 18.1. The maximum absolute atomic E-state index is 15.4. The maximum Gasteiger partial charge on any atom is 0.262 e. The van der Waals surface area contributed by atoms with Crippen molar-refractivity contribution in [3.63, 3.8) is 0 Å². The van der Waals surface area contributed by atoms with Gasteiger partial charge in [-0.25, -0.2) is 9.37 Å². The number of fused-ring (bicyclic) bond motifs is 1. The Kier molecular flexibility index (Phi) is 6.19. The molecule has 0 radical (unpaired) electrons. The zero-order valence-corrected chi connectivity index (χ0v) is 21.0. The van der Waals surface area contributed by atoms with E-state index in [1.165, 1.54) is 12.1 Å². The van der Waals surface area contributed by atoms with Crippen LogP contribution in [0.25, 0.3) is 31.9 Å². The molecule has 8 nitrogen and oxygen atoms in total. The van der Waals surface area contributed by atoms with Gasteiger partial charge in [0.15, 0.2) is 0 Å². The summed E-state index contributed by atoms with van der Waals surface area (Å²) in [7, 11) is 1.75. The van der Waals surface area contributed by atoms with Crippen molar-refractivity contribution >= 4 is 33.1 Å². The second-order valence-electron chi connectivity index (χ2n) is 9.02. The number of benzene rings is 1. The number of nitrogens with one attached hydrogen (secondary N) is 1. The van der Waals surface area contributed by atoms with Crippen molar-refractivity contribution in [2.24, 2.45) is 7.05 Å². The van der Waals surface area contributed by atoms with Crippen molar-refractivity contribution in [1.82, 2.24) is 30.3 Å². The number of aryl methyl sites for hydroxylation is 1. The molecule has 0 unspecified atom stereocenters. The second kappa shape index (κ2) is 9.79. The highest BCUT2D eigenvalue weighted by Gasteiger charge is 2.32. The molecule has 6 rings (SSSR count). The maximum atomic E-state index is 15.4. The summed E-state index contributed by atoms with van der Waals surface area (Å²) >= 11 is 1.60. The molecule has 4 aromatic heterocycles. The highest BCUT2D eigenvalue weighted by molar-refractivity contribution is 7.22. The summed E-state index contributed by atoms with van der Waals surface area (Å²) in [6, 6.07) is 14.2. The van der Waals surface area contributed by atoms with E-state index in [1.807, 2.05) is 30.3 Å². The van der Waals surface area contributed by atoms with Crippen molar-refractivity contribution in [3.8, 4) is 21.8 Å². The van der Waals surface area contributed by atoms with Crippen LogP contribution in [0.3, 0.4) is 0 Å². The Hall–Kier alpha value is -4.02. The van der Waals surface area contributed by atoms with Crippen molar-refractivity contribution in [3.05, 3.63) is 78.5 Å². The van der Waals surface area contributed by atoms with Crippen LogP contribution in [0.15, 0.2) is 67.1 Å². The van der Waals surface area contributed by atoms with Crippen LogP contribution in [0.2, 0.25) is 0 Å². The molecule has 5 aromatic rings. The molecule has 5 heterocycles. The van der Waals surface area contributed by atoms with Gasteiger partial charge < -0.3 is 5.32 Å². The monoisotopic (exact) mass is 513 g/mol. The summed E-state index contributed by atoms with van der Waals surface area (Å²) in [4.78, 5) is 25.8. The van der Waals surface area contributed by atoms with Gasteiger partial charge in [0.05, 0.1) is 28.4 Å². The van der Waals surface area contributed by atoms with E-state index in [0.29, 0.717) is 23.6 Å². The molecule has 1 saturated heterocycles. The number of anilines is 1. The Morgan fingerprint density at radius 1 is 1.14 bits per heavy atom. The number of carbonyl (C=O) groups excluding carboxylic acids is 1.